The normalized spacial score (nSPS) is 11.3. The Hall–Kier alpha value is -2.08. The molecule has 2 amide bonds. The van der Waals surface area contributed by atoms with Gasteiger partial charge in [-0.1, -0.05) is 30.3 Å². The number of hydrogen-bond donors (Lipinski definition) is 3. The van der Waals surface area contributed by atoms with Gasteiger partial charge in [-0.15, -0.1) is 0 Å². The van der Waals surface area contributed by atoms with Crippen molar-refractivity contribution in [2.24, 2.45) is 0 Å². The van der Waals surface area contributed by atoms with Gasteiger partial charge in [-0.05, 0) is 32.9 Å². The molecule has 6 nitrogen and oxygen atoms in total. The van der Waals surface area contributed by atoms with Gasteiger partial charge in [0.1, 0.15) is 0 Å². The lowest BCUT2D eigenvalue weighted by Crippen LogP contribution is -2.53. The molecule has 0 heterocycles. The van der Waals surface area contributed by atoms with Crippen LogP contribution in [0.2, 0.25) is 0 Å². The summed E-state index contributed by atoms with van der Waals surface area (Å²) < 4.78 is 0. The van der Waals surface area contributed by atoms with Crippen molar-refractivity contribution in [2.45, 2.75) is 38.8 Å². The average molecular weight is 321 g/mol. The van der Waals surface area contributed by atoms with Crippen molar-refractivity contribution in [1.29, 1.82) is 0 Å². The molecule has 0 aliphatic heterocycles. The quantitative estimate of drug-likeness (QED) is 0.608. The molecular weight excluding hydrogens is 294 g/mol. The Balaban J connectivity index is 2.33. The summed E-state index contributed by atoms with van der Waals surface area (Å²) in [6, 6.07) is 9.89. The van der Waals surface area contributed by atoms with E-state index in [2.05, 4.69) is 27.7 Å². The lowest BCUT2D eigenvalue weighted by Gasteiger charge is -2.31. The second kappa shape index (κ2) is 9.15. The highest BCUT2D eigenvalue weighted by atomic mass is 16.4. The summed E-state index contributed by atoms with van der Waals surface area (Å²) in [5.41, 5.74) is 0.837. The number of rotatable bonds is 9. The molecule has 0 atom stereocenters. The summed E-state index contributed by atoms with van der Waals surface area (Å²) >= 11 is 0. The fraction of sp³-hybridized carbons (Fsp3) is 0.529. The summed E-state index contributed by atoms with van der Waals surface area (Å²) in [5.74, 6) is -0.852. The standard InChI is InChI=1S/C17H27N3O3/c1-17(2,19-16(23)18-11-7-10-15(21)22)13-20(3)12-14-8-5-4-6-9-14/h4-6,8-9H,7,10-13H2,1-3H3,(H,21,22)(H2,18,19,23). The Morgan fingerprint density at radius 2 is 1.87 bits per heavy atom. The van der Waals surface area contributed by atoms with Crippen molar-refractivity contribution in [2.75, 3.05) is 20.1 Å². The molecular formula is C17H27N3O3. The van der Waals surface area contributed by atoms with Crippen LogP contribution >= 0.6 is 0 Å². The van der Waals surface area contributed by atoms with E-state index in [1.54, 1.807) is 0 Å². The second-order valence-corrected chi connectivity index (χ2v) is 6.42. The summed E-state index contributed by atoms with van der Waals surface area (Å²) in [5, 5.41) is 14.2. The number of carboxylic acid groups (broad SMARTS) is 1. The maximum Gasteiger partial charge on any atom is 0.315 e. The lowest BCUT2D eigenvalue weighted by molar-refractivity contribution is -0.137. The highest BCUT2D eigenvalue weighted by Crippen LogP contribution is 2.08. The van der Waals surface area contributed by atoms with Gasteiger partial charge in [-0.25, -0.2) is 4.79 Å². The van der Waals surface area contributed by atoms with Gasteiger partial charge in [-0.2, -0.15) is 0 Å². The predicted octanol–water partition coefficient (Wildman–Crippen LogP) is 2.06. The van der Waals surface area contributed by atoms with Crippen LogP contribution in [0.25, 0.3) is 0 Å². The van der Waals surface area contributed by atoms with Crippen LogP contribution in [0.4, 0.5) is 4.79 Å². The number of likely N-dealkylation sites (N-methyl/N-ethyl adjacent to an activating group) is 1. The molecule has 0 saturated heterocycles. The first-order chi connectivity index (χ1) is 10.8. The zero-order valence-electron chi connectivity index (χ0n) is 14.1. The number of nitrogens with zero attached hydrogens (tertiary/aromatic N) is 1. The Kier molecular flexibility index (Phi) is 7.54. The summed E-state index contributed by atoms with van der Waals surface area (Å²) in [7, 11) is 2.02. The van der Waals surface area contributed by atoms with Gasteiger partial charge in [0.05, 0.1) is 0 Å². The molecule has 23 heavy (non-hydrogen) atoms. The van der Waals surface area contributed by atoms with Crippen molar-refractivity contribution >= 4 is 12.0 Å². The summed E-state index contributed by atoms with van der Waals surface area (Å²) in [6.07, 6.45) is 0.487. The fourth-order valence-corrected chi connectivity index (χ4v) is 2.46. The molecule has 0 bridgehead atoms. The van der Waals surface area contributed by atoms with E-state index in [0.29, 0.717) is 19.5 Å². The Morgan fingerprint density at radius 3 is 2.48 bits per heavy atom. The minimum absolute atomic E-state index is 0.0590. The molecule has 0 radical (unpaired) electrons. The zero-order valence-corrected chi connectivity index (χ0v) is 14.1. The third-order valence-corrected chi connectivity index (χ3v) is 3.27. The monoisotopic (exact) mass is 321 g/mol. The van der Waals surface area contributed by atoms with Gasteiger partial charge >= 0.3 is 12.0 Å². The third kappa shape index (κ3) is 8.83. The van der Waals surface area contributed by atoms with Gasteiger partial charge in [0.2, 0.25) is 0 Å². The fourth-order valence-electron chi connectivity index (χ4n) is 2.46. The number of aliphatic carboxylic acids is 1. The SMILES string of the molecule is CN(Cc1ccccc1)CC(C)(C)NC(=O)NCCCC(=O)O. The van der Waals surface area contributed by atoms with Crippen molar-refractivity contribution in [3.8, 4) is 0 Å². The Bertz CT molecular complexity index is 503. The minimum atomic E-state index is -0.852. The molecule has 1 rings (SSSR count). The number of benzene rings is 1. The number of amides is 2. The second-order valence-electron chi connectivity index (χ2n) is 6.42. The third-order valence-electron chi connectivity index (χ3n) is 3.27. The number of urea groups is 1. The lowest BCUT2D eigenvalue weighted by atomic mass is 10.0. The van der Waals surface area contributed by atoms with Crippen molar-refractivity contribution < 1.29 is 14.7 Å². The first-order valence-corrected chi connectivity index (χ1v) is 7.79. The topological polar surface area (TPSA) is 81.7 Å². The van der Waals surface area contributed by atoms with E-state index in [4.69, 9.17) is 5.11 Å². The molecule has 128 valence electrons. The number of carbonyl (C=O) groups is 2. The van der Waals surface area contributed by atoms with Crippen molar-refractivity contribution in [3.05, 3.63) is 35.9 Å². The molecule has 0 aliphatic rings. The van der Waals surface area contributed by atoms with Crippen LogP contribution in [0.1, 0.15) is 32.3 Å². The van der Waals surface area contributed by atoms with E-state index in [9.17, 15) is 9.59 Å². The average Bonchev–Trinajstić information content (AvgIpc) is 2.43. The van der Waals surface area contributed by atoms with E-state index in [-0.39, 0.29) is 18.0 Å². The summed E-state index contributed by atoms with van der Waals surface area (Å²) in [6.45, 7) is 5.79. The number of carboxylic acids is 1. The van der Waals surface area contributed by atoms with Crippen LogP contribution < -0.4 is 10.6 Å². The molecule has 6 heteroatoms. The minimum Gasteiger partial charge on any atom is -0.481 e. The van der Waals surface area contributed by atoms with Gasteiger partial charge in [-0.3, -0.25) is 9.69 Å². The molecule has 0 aliphatic carbocycles. The largest absolute Gasteiger partial charge is 0.481 e. The first-order valence-electron chi connectivity index (χ1n) is 7.79. The van der Waals surface area contributed by atoms with Crippen LogP contribution in [0.15, 0.2) is 30.3 Å². The van der Waals surface area contributed by atoms with E-state index in [0.717, 1.165) is 6.54 Å². The molecule has 0 fully saturated rings. The molecule has 0 spiro atoms. The summed E-state index contributed by atoms with van der Waals surface area (Å²) in [4.78, 5) is 24.4. The molecule has 1 aromatic carbocycles. The van der Waals surface area contributed by atoms with Crippen molar-refractivity contribution in [1.82, 2.24) is 15.5 Å². The van der Waals surface area contributed by atoms with Crippen LogP contribution in [0, 0.1) is 0 Å². The predicted molar refractivity (Wildman–Crippen MR) is 90.3 cm³/mol. The van der Waals surface area contributed by atoms with Crippen LogP contribution in [0.3, 0.4) is 0 Å². The van der Waals surface area contributed by atoms with E-state index in [1.165, 1.54) is 5.56 Å². The van der Waals surface area contributed by atoms with E-state index < -0.39 is 5.97 Å². The maximum absolute atomic E-state index is 11.9. The molecule has 3 N–H and O–H groups in total. The van der Waals surface area contributed by atoms with E-state index in [1.807, 2.05) is 39.1 Å². The Morgan fingerprint density at radius 1 is 1.22 bits per heavy atom. The smallest absolute Gasteiger partial charge is 0.315 e. The van der Waals surface area contributed by atoms with Gasteiger partial charge in [0, 0.05) is 31.6 Å². The number of carbonyl (C=O) groups excluding carboxylic acids is 1. The van der Waals surface area contributed by atoms with Gasteiger partial charge in [0.25, 0.3) is 0 Å². The molecule has 0 saturated carbocycles. The zero-order chi connectivity index (χ0) is 17.3. The van der Waals surface area contributed by atoms with Gasteiger partial charge < -0.3 is 15.7 Å². The van der Waals surface area contributed by atoms with Crippen LogP contribution in [-0.4, -0.2) is 47.7 Å². The Labute approximate surface area is 137 Å². The number of hydrogen-bond acceptors (Lipinski definition) is 3. The van der Waals surface area contributed by atoms with E-state index >= 15 is 0 Å². The van der Waals surface area contributed by atoms with Crippen LogP contribution in [-0.2, 0) is 11.3 Å². The van der Waals surface area contributed by atoms with Gasteiger partial charge in [0.15, 0.2) is 0 Å². The maximum atomic E-state index is 11.9. The molecule has 0 aromatic heterocycles. The highest BCUT2D eigenvalue weighted by Gasteiger charge is 2.22. The highest BCUT2D eigenvalue weighted by molar-refractivity contribution is 5.74. The molecule has 1 aromatic rings. The van der Waals surface area contributed by atoms with Crippen molar-refractivity contribution in [3.63, 3.8) is 0 Å². The number of nitrogens with one attached hydrogen (secondary N) is 2. The van der Waals surface area contributed by atoms with Crippen LogP contribution in [0.5, 0.6) is 0 Å². The molecule has 0 unspecified atom stereocenters. The first kappa shape index (κ1) is 19.0.